The van der Waals surface area contributed by atoms with Crippen molar-refractivity contribution in [1.82, 2.24) is 9.78 Å². The van der Waals surface area contributed by atoms with Gasteiger partial charge >= 0.3 is 0 Å². The Kier molecular flexibility index (Phi) is 3.92. The van der Waals surface area contributed by atoms with Crippen LogP contribution in [0.5, 0.6) is 0 Å². The number of nitrogens with zero attached hydrogens (tertiary/aromatic N) is 2. The molecule has 0 bridgehead atoms. The molecule has 0 unspecified atom stereocenters. The SMILES string of the molecule is O=Cc1c(-c2ccccc2F)nn(-c2cc(F)ccc2F)c1Cl. The fourth-order valence-electron chi connectivity index (χ4n) is 2.17. The van der Waals surface area contributed by atoms with Gasteiger partial charge in [0.2, 0.25) is 0 Å². The van der Waals surface area contributed by atoms with Crippen molar-refractivity contribution in [2.24, 2.45) is 0 Å². The number of rotatable bonds is 3. The quantitative estimate of drug-likeness (QED) is 0.663. The topological polar surface area (TPSA) is 34.9 Å². The lowest BCUT2D eigenvalue weighted by Gasteiger charge is -2.04. The van der Waals surface area contributed by atoms with E-state index in [1.807, 2.05) is 0 Å². The highest BCUT2D eigenvalue weighted by Crippen LogP contribution is 2.31. The molecule has 0 saturated carbocycles. The van der Waals surface area contributed by atoms with Gasteiger partial charge in [-0.2, -0.15) is 5.10 Å². The maximum atomic E-state index is 13.9. The minimum atomic E-state index is -0.784. The van der Waals surface area contributed by atoms with Crippen LogP contribution in [0.1, 0.15) is 10.4 Å². The number of carbonyl (C=O) groups is 1. The van der Waals surface area contributed by atoms with Crippen molar-refractivity contribution in [3.8, 4) is 16.9 Å². The number of hydrogen-bond acceptors (Lipinski definition) is 2. The minimum absolute atomic E-state index is 0.0343. The molecule has 0 aliphatic rings. The van der Waals surface area contributed by atoms with Gasteiger partial charge < -0.3 is 0 Å². The van der Waals surface area contributed by atoms with Crippen LogP contribution in [0.4, 0.5) is 13.2 Å². The van der Waals surface area contributed by atoms with Crippen molar-refractivity contribution in [3.05, 3.63) is 70.6 Å². The summed E-state index contributed by atoms with van der Waals surface area (Å²) in [5.41, 5.74) is -0.403. The molecule has 0 amide bonds. The third-order valence-corrected chi connectivity index (χ3v) is 3.61. The summed E-state index contributed by atoms with van der Waals surface area (Å²) >= 11 is 6.05. The van der Waals surface area contributed by atoms with Crippen molar-refractivity contribution in [2.75, 3.05) is 0 Å². The summed E-state index contributed by atoms with van der Waals surface area (Å²) in [5.74, 6) is -2.10. The van der Waals surface area contributed by atoms with Crippen LogP contribution in [0.15, 0.2) is 42.5 Å². The Morgan fingerprint density at radius 2 is 1.78 bits per heavy atom. The Morgan fingerprint density at radius 1 is 1.04 bits per heavy atom. The zero-order chi connectivity index (χ0) is 16.6. The summed E-state index contributed by atoms with van der Waals surface area (Å²) in [6, 6.07) is 8.37. The molecule has 0 saturated heterocycles. The van der Waals surface area contributed by atoms with E-state index in [0.29, 0.717) is 6.29 Å². The van der Waals surface area contributed by atoms with Gasteiger partial charge in [-0.1, -0.05) is 23.7 Å². The molecule has 0 spiro atoms. The molecule has 116 valence electrons. The number of halogens is 4. The van der Waals surface area contributed by atoms with E-state index in [-0.39, 0.29) is 27.7 Å². The predicted molar refractivity (Wildman–Crippen MR) is 79.3 cm³/mol. The van der Waals surface area contributed by atoms with E-state index in [1.54, 1.807) is 6.07 Å². The number of benzene rings is 2. The third kappa shape index (κ3) is 2.61. The van der Waals surface area contributed by atoms with Gasteiger partial charge in [0.15, 0.2) is 6.29 Å². The standard InChI is InChI=1S/C16H8ClF3N2O/c17-16-11(8-23)15(10-3-1-2-4-12(10)19)21-22(16)14-7-9(18)5-6-13(14)20/h1-8H. The Labute approximate surface area is 133 Å². The van der Waals surface area contributed by atoms with E-state index < -0.39 is 17.5 Å². The maximum Gasteiger partial charge on any atom is 0.155 e. The smallest absolute Gasteiger partial charge is 0.155 e. The number of hydrogen-bond donors (Lipinski definition) is 0. The third-order valence-electron chi connectivity index (χ3n) is 3.25. The van der Waals surface area contributed by atoms with Crippen LogP contribution >= 0.6 is 11.6 Å². The van der Waals surface area contributed by atoms with E-state index in [9.17, 15) is 18.0 Å². The van der Waals surface area contributed by atoms with Crippen molar-refractivity contribution in [3.63, 3.8) is 0 Å². The highest BCUT2D eigenvalue weighted by molar-refractivity contribution is 6.32. The summed E-state index contributed by atoms with van der Waals surface area (Å²) in [6.45, 7) is 0. The first kappa shape index (κ1) is 15.3. The van der Waals surface area contributed by atoms with Crippen molar-refractivity contribution in [2.45, 2.75) is 0 Å². The van der Waals surface area contributed by atoms with E-state index in [0.717, 1.165) is 22.9 Å². The van der Waals surface area contributed by atoms with E-state index in [2.05, 4.69) is 5.10 Å². The lowest BCUT2D eigenvalue weighted by Crippen LogP contribution is -2.01. The molecule has 0 aliphatic carbocycles. The molecule has 1 aromatic heterocycles. The second-order valence-electron chi connectivity index (χ2n) is 4.66. The van der Waals surface area contributed by atoms with Gasteiger partial charge in [-0.3, -0.25) is 4.79 Å². The first-order chi connectivity index (χ1) is 11.0. The summed E-state index contributed by atoms with van der Waals surface area (Å²) < 4.78 is 42.1. The average Bonchev–Trinajstić information content (AvgIpc) is 2.86. The van der Waals surface area contributed by atoms with Crippen molar-refractivity contribution < 1.29 is 18.0 Å². The Hall–Kier alpha value is -2.60. The lowest BCUT2D eigenvalue weighted by atomic mass is 10.1. The molecule has 0 fully saturated rings. The minimum Gasteiger partial charge on any atom is -0.298 e. The molecule has 7 heteroatoms. The van der Waals surface area contributed by atoms with Crippen LogP contribution in [-0.4, -0.2) is 16.1 Å². The van der Waals surface area contributed by atoms with Gasteiger partial charge in [0.25, 0.3) is 0 Å². The van der Waals surface area contributed by atoms with Crippen LogP contribution in [0.25, 0.3) is 16.9 Å². The molecule has 1 heterocycles. The highest BCUT2D eigenvalue weighted by Gasteiger charge is 2.22. The first-order valence-electron chi connectivity index (χ1n) is 6.47. The molecule has 0 atom stereocenters. The van der Waals surface area contributed by atoms with E-state index in [1.165, 1.54) is 18.2 Å². The molecular formula is C16H8ClF3N2O. The first-order valence-corrected chi connectivity index (χ1v) is 6.84. The second-order valence-corrected chi connectivity index (χ2v) is 5.02. The molecule has 23 heavy (non-hydrogen) atoms. The summed E-state index contributed by atoms with van der Waals surface area (Å²) in [5, 5.41) is 3.76. The lowest BCUT2D eigenvalue weighted by molar-refractivity contribution is 0.112. The van der Waals surface area contributed by atoms with Gasteiger partial charge in [-0.05, 0) is 24.3 Å². The van der Waals surface area contributed by atoms with E-state index >= 15 is 0 Å². The molecule has 3 aromatic rings. The van der Waals surface area contributed by atoms with Crippen molar-refractivity contribution >= 4 is 17.9 Å². The van der Waals surface area contributed by atoms with Crippen LogP contribution in [0.2, 0.25) is 5.15 Å². The number of aromatic nitrogens is 2. The monoisotopic (exact) mass is 336 g/mol. The average molecular weight is 337 g/mol. The van der Waals surface area contributed by atoms with Gasteiger partial charge in [-0.15, -0.1) is 0 Å². The van der Waals surface area contributed by atoms with Gasteiger partial charge in [0.1, 0.15) is 34.0 Å². The fourth-order valence-corrected chi connectivity index (χ4v) is 2.44. The van der Waals surface area contributed by atoms with Crippen molar-refractivity contribution in [1.29, 1.82) is 0 Å². The molecule has 0 radical (unpaired) electrons. The largest absolute Gasteiger partial charge is 0.298 e. The summed E-state index contributed by atoms with van der Waals surface area (Å²) in [6.07, 6.45) is 0.394. The molecule has 3 nitrogen and oxygen atoms in total. The summed E-state index contributed by atoms with van der Waals surface area (Å²) in [4.78, 5) is 11.3. The number of carbonyl (C=O) groups excluding carboxylic acids is 1. The zero-order valence-corrected chi connectivity index (χ0v) is 12.2. The maximum absolute atomic E-state index is 13.9. The number of aldehydes is 1. The van der Waals surface area contributed by atoms with Gasteiger partial charge in [0.05, 0.1) is 5.56 Å². The van der Waals surface area contributed by atoms with Crippen LogP contribution in [0, 0.1) is 17.5 Å². The predicted octanol–water partition coefficient (Wildman–Crippen LogP) is 4.42. The molecular weight excluding hydrogens is 329 g/mol. The normalized spacial score (nSPS) is 10.8. The molecule has 3 rings (SSSR count). The highest BCUT2D eigenvalue weighted by atomic mass is 35.5. The molecule has 0 N–H and O–H groups in total. The van der Waals surface area contributed by atoms with Gasteiger partial charge in [0, 0.05) is 11.6 Å². The summed E-state index contributed by atoms with van der Waals surface area (Å²) in [7, 11) is 0. The fraction of sp³-hybridized carbons (Fsp3) is 0. The Morgan fingerprint density at radius 3 is 2.48 bits per heavy atom. The van der Waals surface area contributed by atoms with Crippen LogP contribution < -0.4 is 0 Å². The molecule has 0 aliphatic heterocycles. The van der Waals surface area contributed by atoms with Crippen LogP contribution in [0.3, 0.4) is 0 Å². The van der Waals surface area contributed by atoms with Crippen LogP contribution in [-0.2, 0) is 0 Å². The van der Waals surface area contributed by atoms with Gasteiger partial charge in [-0.25, -0.2) is 17.9 Å². The van der Waals surface area contributed by atoms with E-state index in [4.69, 9.17) is 11.6 Å². The Balaban J connectivity index is 2.28. The molecule has 2 aromatic carbocycles. The second kappa shape index (κ2) is 5.89. The Bertz CT molecular complexity index is 908. The zero-order valence-electron chi connectivity index (χ0n) is 11.4.